The SMILES string of the molecule is O=S(=O)(c1ccccc1N1CCC(O)(c2ccccc2C(F)(F)F)CC1)C(F)F. The quantitative estimate of drug-likeness (QED) is 0.732. The molecular weight excluding hydrogens is 417 g/mol. The van der Waals surface area contributed by atoms with E-state index in [-0.39, 0.29) is 37.2 Å². The summed E-state index contributed by atoms with van der Waals surface area (Å²) in [7, 11) is -4.85. The van der Waals surface area contributed by atoms with Gasteiger partial charge in [0.05, 0.1) is 21.7 Å². The first-order chi connectivity index (χ1) is 13.5. The number of rotatable bonds is 4. The lowest BCUT2D eigenvalue weighted by Crippen LogP contribution is -2.44. The van der Waals surface area contributed by atoms with Gasteiger partial charge in [0.15, 0.2) is 0 Å². The van der Waals surface area contributed by atoms with Gasteiger partial charge in [-0.25, -0.2) is 8.42 Å². The predicted molar refractivity (Wildman–Crippen MR) is 96.4 cm³/mol. The van der Waals surface area contributed by atoms with Crippen LogP contribution in [0.15, 0.2) is 53.4 Å². The van der Waals surface area contributed by atoms with Crippen LogP contribution in [0.1, 0.15) is 24.0 Å². The Bertz CT molecular complexity index is 983. The second-order valence-electron chi connectivity index (χ2n) is 6.84. The molecule has 1 aliphatic heterocycles. The highest BCUT2D eigenvalue weighted by molar-refractivity contribution is 7.91. The average molecular weight is 435 g/mol. The van der Waals surface area contributed by atoms with Crippen molar-refractivity contribution in [3.63, 3.8) is 0 Å². The van der Waals surface area contributed by atoms with Crippen molar-refractivity contribution in [2.45, 2.75) is 35.3 Å². The zero-order valence-electron chi connectivity index (χ0n) is 15.0. The van der Waals surface area contributed by atoms with Crippen LogP contribution < -0.4 is 4.90 Å². The van der Waals surface area contributed by atoms with Gasteiger partial charge in [-0.2, -0.15) is 22.0 Å². The molecule has 1 fully saturated rings. The van der Waals surface area contributed by atoms with E-state index in [9.17, 15) is 35.5 Å². The zero-order chi connectivity index (χ0) is 21.4. The number of alkyl halides is 5. The van der Waals surface area contributed by atoms with Gasteiger partial charge in [0.1, 0.15) is 0 Å². The van der Waals surface area contributed by atoms with Gasteiger partial charge in [-0.3, -0.25) is 0 Å². The lowest BCUT2D eigenvalue weighted by atomic mass is 9.81. The third-order valence-corrected chi connectivity index (χ3v) is 6.50. The van der Waals surface area contributed by atoms with E-state index in [2.05, 4.69) is 0 Å². The van der Waals surface area contributed by atoms with E-state index in [4.69, 9.17) is 0 Å². The molecule has 1 N–H and O–H groups in total. The monoisotopic (exact) mass is 435 g/mol. The molecular formula is C19H18F5NO3S. The number of aliphatic hydroxyl groups is 1. The Labute approximate surface area is 164 Å². The third-order valence-electron chi connectivity index (χ3n) is 5.07. The van der Waals surface area contributed by atoms with Crippen LogP contribution in [0.4, 0.5) is 27.6 Å². The van der Waals surface area contributed by atoms with Crippen molar-refractivity contribution in [3.8, 4) is 0 Å². The molecule has 2 aromatic carbocycles. The second-order valence-corrected chi connectivity index (χ2v) is 8.72. The normalized spacial score (nSPS) is 17.6. The highest BCUT2D eigenvalue weighted by atomic mass is 32.2. The number of sulfone groups is 1. The number of para-hydroxylation sites is 1. The molecule has 0 unspecified atom stereocenters. The first-order valence-corrected chi connectivity index (χ1v) is 10.3. The van der Waals surface area contributed by atoms with E-state index in [1.165, 1.54) is 41.3 Å². The molecule has 0 radical (unpaired) electrons. The lowest BCUT2D eigenvalue weighted by Gasteiger charge is -2.41. The maximum Gasteiger partial charge on any atom is 0.416 e. The number of halogens is 5. The fourth-order valence-corrected chi connectivity index (χ4v) is 4.53. The summed E-state index contributed by atoms with van der Waals surface area (Å²) < 4.78 is 89.8. The maximum absolute atomic E-state index is 13.3. The molecule has 158 valence electrons. The largest absolute Gasteiger partial charge is 0.416 e. The van der Waals surface area contributed by atoms with Crippen LogP contribution in [0.5, 0.6) is 0 Å². The molecule has 0 atom stereocenters. The van der Waals surface area contributed by atoms with E-state index in [0.717, 1.165) is 12.1 Å². The summed E-state index contributed by atoms with van der Waals surface area (Å²) in [6.45, 7) is -0.00305. The molecule has 0 spiro atoms. The zero-order valence-corrected chi connectivity index (χ0v) is 15.9. The van der Waals surface area contributed by atoms with Crippen molar-refractivity contribution in [1.82, 2.24) is 0 Å². The van der Waals surface area contributed by atoms with Gasteiger partial charge in [-0.15, -0.1) is 0 Å². The molecule has 0 bridgehead atoms. The van der Waals surface area contributed by atoms with Crippen molar-refractivity contribution < 1.29 is 35.5 Å². The Morgan fingerprint density at radius 3 is 2.10 bits per heavy atom. The average Bonchev–Trinajstić information content (AvgIpc) is 2.68. The number of hydrogen-bond donors (Lipinski definition) is 1. The fourth-order valence-electron chi connectivity index (χ4n) is 3.58. The summed E-state index contributed by atoms with van der Waals surface area (Å²) in [5.74, 6) is -3.59. The number of nitrogens with zero attached hydrogens (tertiary/aromatic N) is 1. The summed E-state index contributed by atoms with van der Waals surface area (Å²) in [6, 6.07) is 9.98. The van der Waals surface area contributed by atoms with Crippen LogP contribution in [0.3, 0.4) is 0 Å². The van der Waals surface area contributed by atoms with Gasteiger partial charge in [0.2, 0.25) is 9.84 Å². The highest BCUT2D eigenvalue weighted by Crippen LogP contribution is 2.42. The Morgan fingerprint density at radius 1 is 0.966 bits per heavy atom. The Morgan fingerprint density at radius 2 is 1.52 bits per heavy atom. The smallest absolute Gasteiger partial charge is 0.385 e. The number of hydrogen-bond acceptors (Lipinski definition) is 4. The van der Waals surface area contributed by atoms with Gasteiger partial charge < -0.3 is 10.0 Å². The predicted octanol–water partition coefficient (Wildman–Crippen LogP) is 4.19. The molecule has 3 rings (SSSR count). The van der Waals surface area contributed by atoms with Crippen LogP contribution in [0.25, 0.3) is 0 Å². The third kappa shape index (κ3) is 4.09. The standard InChI is InChI=1S/C19H18F5NO3S/c20-17(21)29(27,28)16-8-4-3-7-15(16)25-11-9-18(26,10-12-25)13-5-1-2-6-14(13)19(22,23)24/h1-8,17,26H,9-12H2. The van der Waals surface area contributed by atoms with Crippen molar-refractivity contribution in [2.24, 2.45) is 0 Å². The molecule has 2 aromatic rings. The van der Waals surface area contributed by atoms with Gasteiger partial charge in [-0.05, 0) is 36.6 Å². The van der Waals surface area contributed by atoms with Crippen LogP contribution in [0, 0.1) is 0 Å². The maximum atomic E-state index is 13.3. The molecule has 4 nitrogen and oxygen atoms in total. The van der Waals surface area contributed by atoms with Crippen molar-refractivity contribution in [3.05, 3.63) is 59.7 Å². The summed E-state index contributed by atoms with van der Waals surface area (Å²) in [4.78, 5) is 0.941. The first kappa shape index (κ1) is 21.5. The summed E-state index contributed by atoms with van der Waals surface area (Å²) in [5, 5.41) is 10.9. The van der Waals surface area contributed by atoms with E-state index >= 15 is 0 Å². The molecule has 0 saturated carbocycles. The minimum atomic E-state index is -4.85. The fraction of sp³-hybridized carbons (Fsp3) is 0.368. The summed E-state index contributed by atoms with van der Waals surface area (Å²) >= 11 is 0. The van der Waals surface area contributed by atoms with E-state index in [1.54, 1.807) is 0 Å². The number of benzene rings is 2. The van der Waals surface area contributed by atoms with Crippen LogP contribution >= 0.6 is 0 Å². The lowest BCUT2D eigenvalue weighted by molar-refractivity contribution is -0.141. The van der Waals surface area contributed by atoms with Crippen LogP contribution in [-0.2, 0) is 21.6 Å². The minimum Gasteiger partial charge on any atom is -0.385 e. The van der Waals surface area contributed by atoms with Crippen LogP contribution in [0.2, 0.25) is 0 Å². The summed E-state index contributed by atoms with van der Waals surface area (Å²) in [5.41, 5.74) is -2.91. The molecule has 10 heteroatoms. The Kier molecular flexibility index (Phi) is 5.61. The Balaban J connectivity index is 1.90. The molecule has 0 aliphatic carbocycles. The van der Waals surface area contributed by atoms with E-state index in [0.29, 0.717) is 0 Å². The van der Waals surface area contributed by atoms with Gasteiger partial charge in [-0.1, -0.05) is 30.3 Å². The molecule has 1 saturated heterocycles. The number of anilines is 1. The number of piperidine rings is 1. The molecule has 1 heterocycles. The first-order valence-electron chi connectivity index (χ1n) is 8.72. The van der Waals surface area contributed by atoms with E-state index < -0.39 is 37.8 Å². The highest BCUT2D eigenvalue weighted by Gasteiger charge is 2.42. The topological polar surface area (TPSA) is 57.6 Å². The van der Waals surface area contributed by atoms with Crippen LogP contribution in [-0.4, -0.2) is 32.4 Å². The van der Waals surface area contributed by atoms with Gasteiger partial charge in [0.25, 0.3) is 0 Å². The molecule has 29 heavy (non-hydrogen) atoms. The van der Waals surface area contributed by atoms with E-state index in [1.807, 2.05) is 0 Å². The molecule has 0 aromatic heterocycles. The Hall–Kier alpha value is -2.20. The second kappa shape index (κ2) is 7.56. The van der Waals surface area contributed by atoms with Crippen molar-refractivity contribution in [1.29, 1.82) is 0 Å². The molecule has 0 amide bonds. The van der Waals surface area contributed by atoms with Gasteiger partial charge >= 0.3 is 11.9 Å². The van der Waals surface area contributed by atoms with Crippen molar-refractivity contribution in [2.75, 3.05) is 18.0 Å². The molecule has 1 aliphatic rings. The minimum absolute atomic E-state index is 0.00152. The van der Waals surface area contributed by atoms with Crippen molar-refractivity contribution >= 4 is 15.5 Å². The van der Waals surface area contributed by atoms with Gasteiger partial charge in [0, 0.05) is 13.1 Å². The summed E-state index contributed by atoms with van der Waals surface area (Å²) in [6.07, 6.45) is -4.88.